The first-order valence-electron chi connectivity index (χ1n) is 7.24. The van der Waals surface area contributed by atoms with Crippen molar-refractivity contribution in [3.05, 3.63) is 29.8 Å². The summed E-state index contributed by atoms with van der Waals surface area (Å²) in [5.41, 5.74) is 1.82. The van der Waals surface area contributed by atoms with Gasteiger partial charge in [-0.15, -0.1) is 10.2 Å². The Morgan fingerprint density at radius 3 is 2.82 bits per heavy atom. The highest BCUT2D eigenvalue weighted by Crippen LogP contribution is 2.23. The summed E-state index contributed by atoms with van der Waals surface area (Å²) in [6, 6.07) is 7.86. The van der Waals surface area contributed by atoms with Gasteiger partial charge in [-0.3, -0.25) is 4.79 Å². The van der Waals surface area contributed by atoms with Crippen molar-refractivity contribution in [1.82, 2.24) is 15.5 Å². The van der Waals surface area contributed by atoms with Gasteiger partial charge >= 0.3 is 0 Å². The molecule has 0 aliphatic rings. The van der Waals surface area contributed by atoms with E-state index < -0.39 is 0 Å². The highest BCUT2D eigenvalue weighted by Gasteiger charge is 2.18. The fraction of sp³-hybridized carbons (Fsp3) is 0.438. The van der Waals surface area contributed by atoms with E-state index in [0.29, 0.717) is 11.1 Å². The van der Waals surface area contributed by atoms with Gasteiger partial charge in [0.2, 0.25) is 11.8 Å². The molecule has 22 heavy (non-hydrogen) atoms. The molecule has 0 aliphatic carbocycles. The SMILES string of the molecule is CCC(C)(C)NC(=O)CSc1nnc(-c2cccc(C)c2)o1. The lowest BCUT2D eigenvalue weighted by molar-refractivity contribution is -0.120. The van der Waals surface area contributed by atoms with E-state index in [-0.39, 0.29) is 17.2 Å². The number of amides is 1. The summed E-state index contributed by atoms with van der Waals surface area (Å²) in [7, 11) is 0. The number of nitrogens with one attached hydrogen (secondary N) is 1. The number of carbonyl (C=O) groups excluding carboxylic acids is 1. The van der Waals surface area contributed by atoms with Crippen LogP contribution < -0.4 is 5.32 Å². The van der Waals surface area contributed by atoms with Crippen LogP contribution in [0.1, 0.15) is 32.8 Å². The van der Waals surface area contributed by atoms with Gasteiger partial charge in [-0.1, -0.05) is 36.4 Å². The molecule has 1 aromatic heterocycles. The summed E-state index contributed by atoms with van der Waals surface area (Å²) in [5.74, 6) is 0.700. The van der Waals surface area contributed by atoms with E-state index in [1.807, 2.05) is 52.0 Å². The molecule has 0 atom stereocenters. The quantitative estimate of drug-likeness (QED) is 0.826. The second kappa shape index (κ2) is 6.96. The summed E-state index contributed by atoms with van der Waals surface area (Å²) in [6.07, 6.45) is 0.876. The summed E-state index contributed by atoms with van der Waals surface area (Å²) in [5, 5.41) is 11.4. The van der Waals surface area contributed by atoms with Crippen LogP contribution in [-0.2, 0) is 4.79 Å². The predicted octanol–water partition coefficient (Wildman–Crippen LogP) is 3.44. The molecule has 1 amide bonds. The predicted molar refractivity (Wildman–Crippen MR) is 87.7 cm³/mol. The number of aryl methyl sites for hydroxylation is 1. The molecular weight excluding hydrogens is 298 g/mol. The molecule has 0 saturated heterocycles. The van der Waals surface area contributed by atoms with Crippen molar-refractivity contribution in [1.29, 1.82) is 0 Å². The molecule has 0 fully saturated rings. The van der Waals surface area contributed by atoms with E-state index in [1.165, 1.54) is 11.8 Å². The molecule has 6 heteroatoms. The number of hydrogen-bond donors (Lipinski definition) is 1. The van der Waals surface area contributed by atoms with Crippen LogP contribution in [0, 0.1) is 6.92 Å². The van der Waals surface area contributed by atoms with Gasteiger partial charge in [0.1, 0.15) is 0 Å². The Morgan fingerprint density at radius 2 is 2.14 bits per heavy atom. The first-order chi connectivity index (χ1) is 10.4. The second-order valence-corrected chi connectivity index (χ2v) is 6.74. The highest BCUT2D eigenvalue weighted by molar-refractivity contribution is 7.99. The van der Waals surface area contributed by atoms with Gasteiger partial charge in [0, 0.05) is 11.1 Å². The third kappa shape index (κ3) is 4.59. The average Bonchev–Trinajstić information content (AvgIpc) is 2.94. The van der Waals surface area contributed by atoms with Crippen LogP contribution in [0.25, 0.3) is 11.5 Å². The van der Waals surface area contributed by atoms with Gasteiger partial charge < -0.3 is 9.73 Å². The summed E-state index contributed by atoms with van der Waals surface area (Å²) in [6.45, 7) is 8.05. The molecule has 0 bridgehead atoms. The van der Waals surface area contributed by atoms with E-state index in [0.717, 1.165) is 17.5 Å². The lowest BCUT2D eigenvalue weighted by atomic mass is 10.0. The first-order valence-corrected chi connectivity index (χ1v) is 8.22. The molecule has 0 radical (unpaired) electrons. The zero-order valence-corrected chi connectivity index (χ0v) is 14.2. The van der Waals surface area contributed by atoms with Gasteiger partial charge in [0.25, 0.3) is 5.22 Å². The van der Waals surface area contributed by atoms with Gasteiger partial charge in [-0.25, -0.2) is 0 Å². The van der Waals surface area contributed by atoms with Crippen LogP contribution in [0.15, 0.2) is 33.9 Å². The number of thioether (sulfide) groups is 1. The zero-order chi connectivity index (χ0) is 16.2. The Kier molecular flexibility index (Phi) is 5.24. The first kappa shape index (κ1) is 16.5. The zero-order valence-electron chi connectivity index (χ0n) is 13.3. The van der Waals surface area contributed by atoms with Crippen molar-refractivity contribution in [3.63, 3.8) is 0 Å². The molecule has 118 valence electrons. The number of rotatable bonds is 6. The number of aromatic nitrogens is 2. The maximum absolute atomic E-state index is 11.9. The van der Waals surface area contributed by atoms with Crippen LogP contribution in [0.3, 0.4) is 0 Å². The lowest BCUT2D eigenvalue weighted by Gasteiger charge is -2.24. The van der Waals surface area contributed by atoms with Crippen LogP contribution in [0.4, 0.5) is 0 Å². The summed E-state index contributed by atoms with van der Waals surface area (Å²) in [4.78, 5) is 11.9. The van der Waals surface area contributed by atoms with E-state index in [1.54, 1.807) is 0 Å². The fourth-order valence-corrected chi connectivity index (χ4v) is 2.36. The molecular formula is C16H21N3O2S. The van der Waals surface area contributed by atoms with E-state index in [9.17, 15) is 4.79 Å². The third-order valence-corrected chi connectivity index (χ3v) is 4.18. The lowest BCUT2D eigenvalue weighted by Crippen LogP contribution is -2.43. The molecule has 5 nitrogen and oxygen atoms in total. The summed E-state index contributed by atoms with van der Waals surface area (Å²) < 4.78 is 5.59. The maximum Gasteiger partial charge on any atom is 0.277 e. The van der Waals surface area contributed by atoms with E-state index >= 15 is 0 Å². The smallest absolute Gasteiger partial charge is 0.277 e. The molecule has 0 spiro atoms. The van der Waals surface area contributed by atoms with Crippen molar-refractivity contribution < 1.29 is 9.21 Å². The Hall–Kier alpha value is -1.82. The minimum absolute atomic E-state index is 0.0350. The second-order valence-electron chi connectivity index (χ2n) is 5.82. The Labute approximate surface area is 134 Å². The van der Waals surface area contributed by atoms with E-state index in [4.69, 9.17) is 4.42 Å². The number of nitrogens with zero attached hydrogens (tertiary/aromatic N) is 2. The largest absolute Gasteiger partial charge is 0.411 e. The minimum atomic E-state index is -0.195. The third-order valence-electron chi connectivity index (χ3n) is 3.36. The number of hydrogen-bond acceptors (Lipinski definition) is 5. The van der Waals surface area contributed by atoms with Gasteiger partial charge in [0.15, 0.2) is 0 Å². The van der Waals surface area contributed by atoms with Crippen molar-refractivity contribution in [2.24, 2.45) is 0 Å². The van der Waals surface area contributed by atoms with E-state index in [2.05, 4.69) is 15.5 Å². The topological polar surface area (TPSA) is 68.0 Å². The minimum Gasteiger partial charge on any atom is -0.411 e. The normalized spacial score (nSPS) is 11.5. The molecule has 2 rings (SSSR count). The Morgan fingerprint density at radius 1 is 1.36 bits per heavy atom. The summed E-state index contributed by atoms with van der Waals surface area (Å²) >= 11 is 1.25. The molecule has 0 aliphatic heterocycles. The van der Waals surface area contributed by atoms with Gasteiger partial charge in [0.05, 0.1) is 5.75 Å². The van der Waals surface area contributed by atoms with Crippen LogP contribution in [0.5, 0.6) is 0 Å². The Balaban J connectivity index is 1.94. The average molecular weight is 319 g/mol. The highest BCUT2D eigenvalue weighted by atomic mass is 32.2. The van der Waals surface area contributed by atoms with Crippen molar-refractivity contribution in [2.45, 2.75) is 44.9 Å². The number of carbonyl (C=O) groups is 1. The van der Waals surface area contributed by atoms with Gasteiger partial charge in [-0.05, 0) is 39.3 Å². The number of benzene rings is 1. The fourth-order valence-electron chi connectivity index (χ4n) is 1.79. The standard InChI is InChI=1S/C16H21N3O2S/c1-5-16(3,4)17-13(20)10-22-15-19-18-14(21-15)12-8-6-7-11(2)9-12/h6-9H,5,10H2,1-4H3,(H,17,20). The maximum atomic E-state index is 11.9. The van der Waals surface area contributed by atoms with Crippen LogP contribution >= 0.6 is 11.8 Å². The molecule has 1 N–H and O–H groups in total. The molecule has 2 aromatic rings. The van der Waals surface area contributed by atoms with Gasteiger partial charge in [-0.2, -0.15) is 0 Å². The van der Waals surface area contributed by atoms with Crippen LogP contribution in [-0.4, -0.2) is 27.4 Å². The van der Waals surface area contributed by atoms with Crippen molar-refractivity contribution in [3.8, 4) is 11.5 Å². The van der Waals surface area contributed by atoms with Crippen LogP contribution in [0.2, 0.25) is 0 Å². The monoisotopic (exact) mass is 319 g/mol. The molecule has 1 heterocycles. The van der Waals surface area contributed by atoms with Crippen molar-refractivity contribution in [2.75, 3.05) is 5.75 Å². The molecule has 0 unspecified atom stereocenters. The Bertz CT molecular complexity index is 652. The molecule has 1 aromatic carbocycles. The van der Waals surface area contributed by atoms with Crippen molar-refractivity contribution >= 4 is 17.7 Å². The molecule has 0 saturated carbocycles.